The summed E-state index contributed by atoms with van der Waals surface area (Å²) < 4.78 is 13.4. The van der Waals surface area contributed by atoms with Gasteiger partial charge < -0.3 is 10.1 Å². The standard InChI is InChI=1S/C20H20ClFN4O/c21-17-10-13(2-3-18(17)22)11-19(25-27)15-4-6-23-20-16(15)12-14(24-20)5-9-26-7-1-8-26/h2-4,6,10,27H,1,5,7-9,11-12H2/b25-19+. The first-order valence-corrected chi connectivity index (χ1v) is 9.44. The van der Waals surface area contributed by atoms with E-state index in [-0.39, 0.29) is 5.02 Å². The number of fused-ring (bicyclic) bond motifs is 1. The van der Waals surface area contributed by atoms with E-state index in [1.807, 2.05) is 6.07 Å². The van der Waals surface area contributed by atoms with E-state index in [4.69, 9.17) is 11.6 Å². The maximum absolute atomic E-state index is 13.4. The first-order valence-electron chi connectivity index (χ1n) is 9.06. The lowest BCUT2D eigenvalue weighted by atomic mass is 9.96. The van der Waals surface area contributed by atoms with Crippen LogP contribution in [0.15, 0.2) is 40.6 Å². The Hall–Kier alpha value is -2.31. The summed E-state index contributed by atoms with van der Waals surface area (Å²) in [4.78, 5) is 11.5. The highest BCUT2D eigenvalue weighted by Gasteiger charge is 2.23. The number of halogens is 2. The topological polar surface area (TPSA) is 61.1 Å². The quantitative estimate of drug-likeness (QED) is 0.463. The van der Waals surface area contributed by atoms with Gasteiger partial charge in [0.15, 0.2) is 5.82 Å². The van der Waals surface area contributed by atoms with E-state index in [0.717, 1.165) is 41.8 Å². The Morgan fingerprint density at radius 2 is 2.15 bits per heavy atom. The lowest BCUT2D eigenvalue weighted by Crippen LogP contribution is -2.38. The summed E-state index contributed by atoms with van der Waals surface area (Å²) in [6.45, 7) is 3.37. The predicted octanol–water partition coefficient (Wildman–Crippen LogP) is 4.02. The normalized spacial score (nSPS) is 16.8. The van der Waals surface area contributed by atoms with Gasteiger partial charge in [-0.3, -0.25) is 0 Å². The molecule has 5 nitrogen and oxygen atoms in total. The van der Waals surface area contributed by atoms with Gasteiger partial charge in [0, 0.05) is 42.4 Å². The smallest absolute Gasteiger partial charge is 0.155 e. The van der Waals surface area contributed by atoms with Crippen LogP contribution in [0.5, 0.6) is 0 Å². The van der Waals surface area contributed by atoms with Gasteiger partial charge in [-0.2, -0.15) is 0 Å². The molecule has 0 radical (unpaired) electrons. The molecule has 1 aromatic carbocycles. The molecule has 0 amide bonds. The summed E-state index contributed by atoms with van der Waals surface area (Å²) >= 11 is 5.87. The van der Waals surface area contributed by atoms with Crippen LogP contribution in [0.4, 0.5) is 10.2 Å². The monoisotopic (exact) mass is 386 g/mol. The molecule has 0 bridgehead atoms. The minimum atomic E-state index is -0.465. The molecule has 0 unspecified atom stereocenters. The van der Waals surface area contributed by atoms with Gasteiger partial charge in [-0.15, -0.1) is 0 Å². The molecule has 0 saturated carbocycles. The highest BCUT2D eigenvalue weighted by Crippen LogP contribution is 2.30. The molecular formula is C20H20ClFN4O. The molecule has 1 N–H and O–H groups in total. The highest BCUT2D eigenvalue weighted by molar-refractivity contribution is 6.30. The lowest BCUT2D eigenvalue weighted by Gasteiger charge is -2.30. The van der Waals surface area contributed by atoms with Gasteiger partial charge in [-0.25, -0.2) is 14.4 Å². The second-order valence-corrected chi connectivity index (χ2v) is 7.34. The Balaban J connectivity index is 1.51. The van der Waals surface area contributed by atoms with Crippen LogP contribution in [-0.4, -0.2) is 46.1 Å². The molecule has 3 heterocycles. The van der Waals surface area contributed by atoms with Gasteiger partial charge in [0.25, 0.3) is 0 Å². The first-order chi connectivity index (χ1) is 13.1. The third kappa shape index (κ3) is 3.87. The van der Waals surface area contributed by atoms with E-state index < -0.39 is 5.82 Å². The van der Waals surface area contributed by atoms with E-state index in [0.29, 0.717) is 18.0 Å². The average molecular weight is 387 g/mol. The second-order valence-electron chi connectivity index (χ2n) is 6.93. The van der Waals surface area contributed by atoms with E-state index in [1.54, 1.807) is 18.3 Å². The number of pyridine rings is 1. The molecule has 7 heteroatoms. The van der Waals surface area contributed by atoms with Gasteiger partial charge in [-0.1, -0.05) is 22.8 Å². The minimum absolute atomic E-state index is 0.0568. The molecule has 1 aromatic heterocycles. The van der Waals surface area contributed by atoms with Crippen molar-refractivity contribution in [2.24, 2.45) is 10.1 Å². The maximum Gasteiger partial charge on any atom is 0.155 e. The molecule has 0 spiro atoms. The number of likely N-dealkylation sites (tertiary alicyclic amines) is 1. The van der Waals surface area contributed by atoms with Gasteiger partial charge in [0.2, 0.25) is 0 Å². The third-order valence-corrected chi connectivity index (χ3v) is 5.42. The Morgan fingerprint density at radius 3 is 2.85 bits per heavy atom. The summed E-state index contributed by atoms with van der Waals surface area (Å²) in [6.07, 6.45) is 4.95. The molecule has 2 aliphatic rings. The van der Waals surface area contributed by atoms with Crippen LogP contribution < -0.4 is 0 Å². The molecule has 1 saturated heterocycles. The molecule has 140 valence electrons. The Morgan fingerprint density at radius 1 is 1.30 bits per heavy atom. The SMILES string of the molecule is O/N=C(\Cc1ccc(F)c(Cl)c1)c1ccnc2c1CC(CCN1CCC1)=N2. The van der Waals surface area contributed by atoms with Crippen molar-refractivity contribution in [2.75, 3.05) is 19.6 Å². The fraction of sp³-hybridized carbons (Fsp3) is 0.350. The molecule has 4 rings (SSSR count). The number of aliphatic imine (C=N–C) groups is 1. The summed E-state index contributed by atoms with van der Waals surface area (Å²) in [5, 5.41) is 13.1. The molecular weight excluding hydrogens is 367 g/mol. The number of aromatic nitrogens is 1. The number of nitrogens with zero attached hydrogens (tertiary/aromatic N) is 4. The molecule has 1 fully saturated rings. The van der Waals surface area contributed by atoms with Crippen LogP contribution in [0.1, 0.15) is 29.5 Å². The number of benzene rings is 1. The van der Waals surface area contributed by atoms with Crippen molar-refractivity contribution in [1.82, 2.24) is 9.88 Å². The van der Waals surface area contributed by atoms with Crippen molar-refractivity contribution in [3.63, 3.8) is 0 Å². The number of oxime groups is 1. The van der Waals surface area contributed by atoms with Crippen molar-refractivity contribution in [1.29, 1.82) is 0 Å². The van der Waals surface area contributed by atoms with E-state index >= 15 is 0 Å². The number of hydrogen-bond acceptors (Lipinski definition) is 5. The van der Waals surface area contributed by atoms with Crippen molar-refractivity contribution in [3.05, 3.63) is 58.0 Å². The lowest BCUT2D eigenvalue weighted by molar-refractivity contribution is 0.187. The maximum atomic E-state index is 13.4. The Kier molecular flexibility index (Phi) is 5.18. The van der Waals surface area contributed by atoms with Gasteiger partial charge in [-0.05, 0) is 49.7 Å². The number of hydrogen-bond donors (Lipinski definition) is 1. The minimum Gasteiger partial charge on any atom is -0.411 e. The van der Waals surface area contributed by atoms with E-state index in [1.165, 1.54) is 25.6 Å². The van der Waals surface area contributed by atoms with Crippen molar-refractivity contribution in [3.8, 4) is 0 Å². The van der Waals surface area contributed by atoms with Crippen LogP contribution in [-0.2, 0) is 12.8 Å². The molecule has 2 aliphatic heterocycles. The van der Waals surface area contributed by atoms with E-state index in [2.05, 4.69) is 20.0 Å². The van der Waals surface area contributed by atoms with Crippen LogP contribution >= 0.6 is 11.6 Å². The summed E-state index contributed by atoms with van der Waals surface area (Å²) in [5.41, 5.74) is 4.19. The van der Waals surface area contributed by atoms with Crippen molar-refractivity contribution >= 4 is 28.8 Å². The molecule has 0 atom stereocenters. The van der Waals surface area contributed by atoms with Gasteiger partial charge in [0.05, 0.1) is 10.7 Å². The second kappa shape index (κ2) is 7.74. The first kappa shape index (κ1) is 18.1. The highest BCUT2D eigenvalue weighted by atomic mass is 35.5. The molecule has 2 aromatic rings. The summed E-state index contributed by atoms with van der Waals surface area (Å²) in [7, 11) is 0. The third-order valence-electron chi connectivity index (χ3n) is 5.13. The van der Waals surface area contributed by atoms with Crippen LogP contribution in [0.25, 0.3) is 0 Å². The van der Waals surface area contributed by atoms with E-state index in [9.17, 15) is 9.60 Å². The zero-order chi connectivity index (χ0) is 18.8. The zero-order valence-corrected chi connectivity index (χ0v) is 15.6. The average Bonchev–Trinajstić information content (AvgIpc) is 3.04. The predicted molar refractivity (Wildman–Crippen MR) is 104 cm³/mol. The Bertz CT molecular complexity index is 924. The molecule has 27 heavy (non-hydrogen) atoms. The fourth-order valence-corrected chi connectivity index (χ4v) is 3.68. The fourth-order valence-electron chi connectivity index (χ4n) is 3.48. The zero-order valence-electron chi connectivity index (χ0n) is 14.8. The number of rotatable bonds is 6. The largest absolute Gasteiger partial charge is 0.411 e. The molecule has 0 aliphatic carbocycles. The summed E-state index contributed by atoms with van der Waals surface area (Å²) in [6, 6.07) is 6.36. The van der Waals surface area contributed by atoms with Crippen molar-refractivity contribution in [2.45, 2.75) is 25.7 Å². The summed E-state index contributed by atoms with van der Waals surface area (Å²) in [5.74, 6) is 0.234. The van der Waals surface area contributed by atoms with Gasteiger partial charge >= 0.3 is 0 Å². The Labute approximate surface area is 162 Å². The van der Waals surface area contributed by atoms with Crippen LogP contribution in [0, 0.1) is 5.82 Å². The van der Waals surface area contributed by atoms with Crippen LogP contribution in [0.3, 0.4) is 0 Å². The van der Waals surface area contributed by atoms with Gasteiger partial charge in [0.1, 0.15) is 5.82 Å². The van der Waals surface area contributed by atoms with Crippen LogP contribution in [0.2, 0.25) is 5.02 Å². The van der Waals surface area contributed by atoms with Crippen molar-refractivity contribution < 1.29 is 9.60 Å².